The van der Waals surface area contributed by atoms with Gasteiger partial charge in [0.25, 0.3) is 0 Å². The SMILES string of the molecule is CC(=O)NC(=S)N(C)c1ccccc1. The highest BCUT2D eigenvalue weighted by atomic mass is 32.1. The van der Waals surface area contributed by atoms with Gasteiger partial charge in [-0.05, 0) is 24.4 Å². The zero-order valence-electron chi connectivity index (χ0n) is 8.15. The second kappa shape index (κ2) is 4.72. The van der Waals surface area contributed by atoms with Crippen LogP contribution < -0.4 is 10.2 Å². The van der Waals surface area contributed by atoms with Crippen LogP contribution in [0.25, 0.3) is 0 Å². The summed E-state index contributed by atoms with van der Waals surface area (Å²) >= 11 is 5.03. The van der Waals surface area contributed by atoms with Crippen molar-refractivity contribution in [2.45, 2.75) is 6.92 Å². The molecule has 0 spiro atoms. The van der Waals surface area contributed by atoms with Gasteiger partial charge in [0.05, 0.1) is 0 Å². The quantitative estimate of drug-likeness (QED) is 0.711. The number of rotatable bonds is 1. The van der Waals surface area contributed by atoms with Gasteiger partial charge in [0.1, 0.15) is 0 Å². The smallest absolute Gasteiger partial charge is 0.223 e. The first-order valence-corrected chi connectivity index (χ1v) is 4.62. The minimum absolute atomic E-state index is 0.155. The van der Waals surface area contributed by atoms with Crippen LogP contribution in [0, 0.1) is 0 Å². The third-order valence-corrected chi connectivity index (χ3v) is 2.11. The van der Waals surface area contributed by atoms with Gasteiger partial charge >= 0.3 is 0 Å². The zero-order valence-corrected chi connectivity index (χ0v) is 8.97. The van der Waals surface area contributed by atoms with Crippen LogP contribution in [-0.2, 0) is 4.79 Å². The van der Waals surface area contributed by atoms with Crippen molar-refractivity contribution in [3.8, 4) is 0 Å². The van der Waals surface area contributed by atoms with Crippen molar-refractivity contribution >= 4 is 28.9 Å². The maximum Gasteiger partial charge on any atom is 0.223 e. The molecule has 0 saturated carbocycles. The maximum atomic E-state index is 10.8. The number of hydrogen-bond donors (Lipinski definition) is 1. The predicted octanol–water partition coefficient (Wildman–Crippen LogP) is 1.54. The second-order valence-electron chi connectivity index (χ2n) is 2.88. The van der Waals surface area contributed by atoms with E-state index in [1.54, 1.807) is 4.90 Å². The van der Waals surface area contributed by atoms with Crippen molar-refractivity contribution in [1.82, 2.24) is 5.32 Å². The third kappa shape index (κ3) is 2.81. The highest BCUT2D eigenvalue weighted by Gasteiger charge is 2.06. The number of nitrogens with one attached hydrogen (secondary N) is 1. The van der Waals surface area contributed by atoms with Crippen LogP contribution >= 0.6 is 12.2 Å². The zero-order chi connectivity index (χ0) is 10.6. The third-order valence-electron chi connectivity index (χ3n) is 1.73. The Hall–Kier alpha value is -1.42. The van der Waals surface area contributed by atoms with E-state index in [1.165, 1.54) is 6.92 Å². The molecule has 14 heavy (non-hydrogen) atoms. The lowest BCUT2D eigenvalue weighted by atomic mass is 10.3. The Labute approximate surface area is 88.7 Å². The fourth-order valence-corrected chi connectivity index (χ4v) is 1.25. The molecule has 0 aliphatic rings. The molecule has 0 fully saturated rings. The van der Waals surface area contributed by atoms with Gasteiger partial charge in [-0.15, -0.1) is 0 Å². The topological polar surface area (TPSA) is 32.3 Å². The van der Waals surface area contributed by atoms with Crippen LogP contribution in [0.4, 0.5) is 5.69 Å². The van der Waals surface area contributed by atoms with E-state index in [2.05, 4.69) is 5.32 Å². The maximum absolute atomic E-state index is 10.8. The second-order valence-corrected chi connectivity index (χ2v) is 3.27. The molecule has 0 atom stereocenters. The Morgan fingerprint density at radius 2 is 1.93 bits per heavy atom. The molecule has 1 rings (SSSR count). The van der Waals surface area contributed by atoms with E-state index in [9.17, 15) is 4.79 Å². The Kier molecular flexibility index (Phi) is 3.59. The molecule has 0 heterocycles. The number of nitrogens with zero attached hydrogens (tertiary/aromatic N) is 1. The first-order valence-electron chi connectivity index (χ1n) is 4.21. The molecule has 0 aliphatic carbocycles. The fraction of sp³-hybridized carbons (Fsp3) is 0.200. The molecule has 1 N–H and O–H groups in total. The first kappa shape index (κ1) is 10.7. The van der Waals surface area contributed by atoms with Gasteiger partial charge in [0.2, 0.25) is 5.91 Å². The normalized spacial score (nSPS) is 9.29. The molecular weight excluding hydrogens is 196 g/mol. The number of carbonyl (C=O) groups excluding carboxylic acids is 1. The van der Waals surface area contributed by atoms with Crippen molar-refractivity contribution < 1.29 is 4.79 Å². The first-order chi connectivity index (χ1) is 6.61. The van der Waals surface area contributed by atoms with E-state index in [4.69, 9.17) is 12.2 Å². The van der Waals surface area contributed by atoms with Crippen molar-refractivity contribution in [2.75, 3.05) is 11.9 Å². The van der Waals surface area contributed by atoms with Crippen LogP contribution in [-0.4, -0.2) is 18.1 Å². The molecule has 1 aromatic carbocycles. The molecule has 0 aromatic heterocycles. The van der Waals surface area contributed by atoms with Gasteiger partial charge < -0.3 is 10.2 Å². The summed E-state index contributed by atoms with van der Waals surface area (Å²) in [7, 11) is 1.81. The number of hydrogen-bond acceptors (Lipinski definition) is 2. The van der Waals surface area contributed by atoms with Crippen molar-refractivity contribution in [2.24, 2.45) is 0 Å². The van der Waals surface area contributed by atoms with E-state index >= 15 is 0 Å². The standard InChI is InChI=1S/C10H12N2OS/c1-8(13)11-10(14)12(2)9-6-4-3-5-7-9/h3-7H,1-2H3,(H,11,13,14). The molecule has 1 amide bonds. The molecule has 0 unspecified atom stereocenters. The van der Waals surface area contributed by atoms with Gasteiger partial charge in [-0.1, -0.05) is 18.2 Å². The van der Waals surface area contributed by atoms with Crippen LogP contribution in [0.2, 0.25) is 0 Å². The van der Waals surface area contributed by atoms with E-state index in [0.717, 1.165) is 5.69 Å². The van der Waals surface area contributed by atoms with Gasteiger partial charge in [0.15, 0.2) is 5.11 Å². The average molecular weight is 208 g/mol. The van der Waals surface area contributed by atoms with Crippen LogP contribution in [0.5, 0.6) is 0 Å². The van der Waals surface area contributed by atoms with Crippen molar-refractivity contribution in [3.05, 3.63) is 30.3 Å². The largest absolute Gasteiger partial charge is 0.322 e. The Balaban J connectivity index is 2.71. The minimum Gasteiger partial charge on any atom is -0.322 e. The lowest BCUT2D eigenvalue weighted by molar-refractivity contribution is -0.117. The van der Waals surface area contributed by atoms with E-state index < -0.39 is 0 Å². The molecule has 0 bridgehead atoms. The van der Waals surface area contributed by atoms with Crippen molar-refractivity contribution in [3.63, 3.8) is 0 Å². The molecule has 74 valence electrons. The molecule has 0 radical (unpaired) electrons. The highest BCUT2D eigenvalue weighted by molar-refractivity contribution is 7.80. The number of para-hydroxylation sites is 1. The lowest BCUT2D eigenvalue weighted by Gasteiger charge is -2.19. The number of thiocarbonyl (C=S) groups is 1. The summed E-state index contributed by atoms with van der Waals surface area (Å²) < 4.78 is 0. The van der Waals surface area contributed by atoms with Crippen molar-refractivity contribution in [1.29, 1.82) is 0 Å². The van der Waals surface area contributed by atoms with E-state index in [0.29, 0.717) is 5.11 Å². The molecule has 0 saturated heterocycles. The van der Waals surface area contributed by atoms with Crippen LogP contribution in [0.1, 0.15) is 6.92 Å². The molecule has 0 aliphatic heterocycles. The number of benzene rings is 1. The van der Waals surface area contributed by atoms with Crippen LogP contribution in [0.15, 0.2) is 30.3 Å². The summed E-state index contributed by atoms with van der Waals surface area (Å²) in [5.41, 5.74) is 0.950. The molecular formula is C10H12N2OS. The van der Waals surface area contributed by atoms with Crippen LogP contribution in [0.3, 0.4) is 0 Å². The van der Waals surface area contributed by atoms with E-state index in [-0.39, 0.29) is 5.91 Å². The summed E-state index contributed by atoms with van der Waals surface area (Å²) in [5, 5.41) is 2.97. The summed E-state index contributed by atoms with van der Waals surface area (Å²) in [6.45, 7) is 1.44. The summed E-state index contributed by atoms with van der Waals surface area (Å²) in [4.78, 5) is 12.5. The van der Waals surface area contributed by atoms with E-state index in [1.807, 2.05) is 37.4 Å². The lowest BCUT2D eigenvalue weighted by Crippen LogP contribution is -2.39. The monoisotopic (exact) mass is 208 g/mol. The van der Waals surface area contributed by atoms with Gasteiger partial charge in [-0.2, -0.15) is 0 Å². The summed E-state index contributed by atoms with van der Waals surface area (Å²) in [5.74, 6) is -0.155. The number of carbonyl (C=O) groups is 1. The average Bonchev–Trinajstić information content (AvgIpc) is 2.17. The highest BCUT2D eigenvalue weighted by Crippen LogP contribution is 2.10. The molecule has 1 aromatic rings. The predicted molar refractivity (Wildman–Crippen MR) is 61.3 cm³/mol. The molecule has 3 nitrogen and oxygen atoms in total. The Bertz CT molecular complexity index is 337. The van der Waals surface area contributed by atoms with Gasteiger partial charge in [0, 0.05) is 19.7 Å². The molecule has 4 heteroatoms. The van der Waals surface area contributed by atoms with Gasteiger partial charge in [-0.25, -0.2) is 0 Å². The summed E-state index contributed by atoms with van der Waals surface area (Å²) in [6, 6.07) is 9.62. The minimum atomic E-state index is -0.155. The number of amides is 1. The fourth-order valence-electron chi connectivity index (χ4n) is 1.00. The number of anilines is 1. The Morgan fingerprint density at radius 3 is 2.43 bits per heavy atom. The summed E-state index contributed by atoms with van der Waals surface area (Å²) in [6.07, 6.45) is 0. The Morgan fingerprint density at radius 1 is 1.36 bits per heavy atom. The van der Waals surface area contributed by atoms with Gasteiger partial charge in [-0.3, -0.25) is 4.79 Å².